The van der Waals surface area contributed by atoms with Gasteiger partial charge >= 0.3 is 0 Å². The Morgan fingerprint density at radius 1 is 1.00 bits per heavy atom. The molecule has 1 unspecified atom stereocenters. The van der Waals surface area contributed by atoms with Gasteiger partial charge < -0.3 is 0 Å². The zero-order valence-corrected chi connectivity index (χ0v) is 16.4. The lowest BCUT2D eigenvalue weighted by Crippen LogP contribution is -2.44. The molecule has 0 saturated carbocycles. The van der Waals surface area contributed by atoms with Crippen LogP contribution in [0.4, 0.5) is 11.4 Å². The fourth-order valence-corrected chi connectivity index (χ4v) is 4.47. The highest BCUT2D eigenvalue weighted by Gasteiger charge is 2.45. The number of nitrogens with zero attached hydrogens (tertiary/aromatic N) is 2. The highest BCUT2D eigenvalue weighted by molar-refractivity contribution is 6.08. The van der Waals surface area contributed by atoms with Crippen LogP contribution in [0.3, 0.4) is 0 Å². The fourth-order valence-electron chi connectivity index (χ4n) is 4.47. The second-order valence-electron chi connectivity index (χ2n) is 8.44. The summed E-state index contributed by atoms with van der Waals surface area (Å²) in [5, 5.41) is 11.6. The van der Waals surface area contributed by atoms with Crippen LogP contribution in [0.25, 0.3) is 0 Å². The minimum atomic E-state index is -0.484. The second kappa shape index (κ2) is 6.95. The van der Waals surface area contributed by atoms with E-state index in [1.807, 2.05) is 44.2 Å². The van der Waals surface area contributed by atoms with Crippen molar-refractivity contribution < 1.29 is 14.5 Å². The number of amides is 1. The Morgan fingerprint density at radius 2 is 1.66 bits per heavy atom. The molecule has 2 aromatic carbocycles. The average molecular weight is 390 g/mol. The number of hydrogen-bond donors (Lipinski definition) is 0. The minimum Gasteiger partial charge on any atom is -0.294 e. The summed E-state index contributed by atoms with van der Waals surface area (Å²) in [5.74, 6) is -0.528. The predicted molar refractivity (Wildman–Crippen MR) is 109 cm³/mol. The largest absolute Gasteiger partial charge is 0.294 e. The van der Waals surface area contributed by atoms with E-state index in [4.69, 9.17) is 0 Å². The molecule has 0 N–H and O–H groups in total. The van der Waals surface area contributed by atoms with Crippen molar-refractivity contribution in [2.75, 3.05) is 4.90 Å². The van der Waals surface area contributed by atoms with Crippen LogP contribution in [0, 0.1) is 15.5 Å². The smallest absolute Gasteiger partial charge is 0.293 e. The van der Waals surface area contributed by atoms with Gasteiger partial charge in [0.25, 0.3) is 5.69 Å². The molecule has 1 amide bonds. The van der Waals surface area contributed by atoms with E-state index < -0.39 is 4.92 Å². The summed E-state index contributed by atoms with van der Waals surface area (Å²) < 4.78 is 0. The Balaban J connectivity index is 1.94. The molecule has 0 aromatic heterocycles. The number of benzene rings is 2. The van der Waals surface area contributed by atoms with Gasteiger partial charge in [-0.15, -0.1) is 0 Å². The summed E-state index contributed by atoms with van der Waals surface area (Å²) in [7, 11) is 0. The minimum absolute atomic E-state index is 0.0150. The maximum absolute atomic E-state index is 13.3. The number of para-hydroxylation sites is 2. The molecule has 1 aliphatic heterocycles. The van der Waals surface area contributed by atoms with Crippen LogP contribution in [-0.4, -0.2) is 16.6 Å². The van der Waals surface area contributed by atoms with Gasteiger partial charge in [-0.05, 0) is 23.5 Å². The van der Waals surface area contributed by atoms with Crippen molar-refractivity contribution in [2.24, 2.45) is 5.41 Å². The molecule has 2 aromatic rings. The number of carbonyl (C=O) groups is 2. The molecule has 1 heterocycles. The van der Waals surface area contributed by atoms with Crippen LogP contribution in [0.15, 0.2) is 65.9 Å². The van der Waals surface area contributed by atoms with E-state index in [0.29, 0.717) is 24.1 Å². The molecule has 0 bridgehead atoms. The van der Waals surface area contributed by atoms with E-state index >= 15 is 0 Å². The third kappa shape index (κ3) is 3.35. The molecule has 29 heavy (non-hydrogen) atoms. The summed E-state index contributed by atoms with van der Waals surface area (Å²) >= 11 is 0. The van der Waals surface area contributed by atoms with Crippen LogP contribution in [0.1, 0.15) is 44.6 Å². The Labute approximate surface area is 169 Å². The topological polar surface area (TPSA) is 80.5 Å². The van der Waals surface area contributed by atoms with Gasteiger partial charge in [0.15, 0.2) is 5.78 Å². The number of rotatable bonds is 3. The third-order valence-electron chi connectivity index (χ3n) is 5.66. The van der Waals surface area contributed by atoms with Gasteiger partial charge in [-0.25, -0.2) is 0 Å². The van der Waals surface area contributed by atoms with Gasteiger partial charge in [-0.3, -0.25) is 24.6 Å². The summed E-state index contributed by atoms with van der Waals surface area (Å²) in [4.78, 5) is 39.0. The van der Waals surface area contributed by atoms with Crippen molar-refractivity contribution in [3.63, 3.8) is 0 Å². The lowest BCUT2D eigenvalue weighted by atomic mass is 9.69. The van der Waals surface area contributed by atoms with Gasteiger partial charge in [-0.1, -0.05) is 56.3 Å². The van der Waals surface area contributed by atoms with Gasteiger partial charge in [0.1, 0.15) is 5.69 Å². The molecule has 2 aliphatic rings. The molecule has 6 nitrogen and oxygen atoms in total. The van der Waals surface area contributed by atoms with Crippen LogP contribution in [0.2, 0.25) is 0 Å². The molecular formula is C23H22N2O4. The van der Waals surface area contributed by atoms with E-state index in [0.717, 1.165) is 5.56 Å². The zero-order chi connectivity index (χ0) is 20.8. The Morgan fingerprint density at radius 3 is 2.34 bits per heavy atom. The quantitative estimate of drug-likeness (QED) is 0.559. The lowest BCUT2D eigenvalue weighted by molar-refractivity contribution is -0.384. The molecule has 0 radical (unpaired) electrons. The van der Waals surface area contributed by atoms with E-state index in [9.17, 15) is 19.7 Å². The van der Waals surface area contributed by atoms with Crippen LogP contribution < -0.4 is 4.90 Å². The molecule has 0 saturated heterocycles. The maximum atomic E-state index is 13.3. The number of allylic oxidation sites excluding steroid dienone is 2. The van der Waals surface area contributed by atoms with Crippen molar-refractivity contribution >= 4 is 23.1 Å². The first-order chi connectivity index (χ1) is 13.8. The summed E-state index contributed by atoms with van der Waals surface area (Å²) in [6, 6.07) is 15.8. The van der Waals surface area contributed by atoms with Crippen LogP contribution in [0.5, 0.6) is 0 Å². The number of ketones is 1. The Bertz CT molecular complexity index is 1040. The molecule has 0 fully saturated rings. The van der Waals surface area contributed by atoms with Crippen molar-refractivity contribution in [3.8, 4) is 0 Å². The first-order valence-electron chi connectivity index (χ1n) is 9.66. The molecule has 6 heteroatoms. The van der Waals surface area contributed by atoms with E-state index in [2.05, 4.69) is 0 Å². The number of nitro benzene ring substituents is 1. The molecule has 4 rings (SSSR count). The normalized spacial score (nSPS) is 21.2. The third-order valence-corrected chi connectivity index (χ3v) is 5.66. The molecule has 148 valence electrons. The van der Waals surface area contributed by atoms with Gasteiger partial charge in [0.2, 0.25) is 5.91 Å². The van der Waals surface area contributed by atoms with E-state index in [-0.39, 0.29) is 40.8 Å². The zero-order valence-electron chi connectivity index (χ0n) is 16.4. The summed E-state index contributed by atoms with van der Waals surface area (Å²) in [5.41, 5.74) is 1.91. The summed E-state index contributed by atoms with van der Waals surface area (Å²) in [6.45, 7) is 3.98. The number of Topliss-reactive ketones (excluding diaryl/α,β-unsaturated/α-hetero) is 1. The monoisotopic (exact) mass is 390 g/mol. The first kappa shape index (κ1) is 19.1. The second-order valence-corrected chi connectivity index (χ2v) is 8.44. The molecule has 1 aliphatic carbocycles. The van der Waals surface area contributed by atoms with Gasteiger partial charge in [0, 0.05) is 36.1 Å². The summed E-state index contributed by atoms with van der Waals surface area (Å²) in [6.07, 6.45) is 1.02. The number of nitro groups is 1. The lowest BCUT2D eigenvalue weighted by Gasteiger charge is -2.42. The van der Waals surface area contributed by atoms with Gasteiger partial charge in [0.05, 0.1) is 4.92 Å². The standard InChI is InChI=1S/C23H22N2O4/c1-23(2)13-19-22(20(26)14-23)16(15-8-4-3-5-9-15)12-21(27)24(19)17-10-6-7-11-18(17)25(28)29/h3-11,16H,12-14H2,1-2H3. The first-order valence-corrected chi connectivity index (χ1v) is 9.66. The SMILES string of the molecule is CC1(C)CC(=O)C2=C(C1)N(c1ccccc1[N+](=O)[O-])C(=O)CC2c1ccccc1. The highest BCUT2D eigenvalue weighted by atomic mass is 16.6. The number of carbonyl (C=O) groups excluding carboxylic acids is 2. The molecule has 0 spiro atoms. The van der Waals surface area contributed by atoms with Crippen molar-refractivity contribution in [3.05, 3.63) is 81.5 Å². The van der Waals surface area contributed by atoms with Crippen molar-refractivity contribution in [1.29, 1.82) is 0 Å². The van der Waals surface area contributed by atoms with Crippen molar-refractivity contribution in [2.45, 2.75) is 39.0 Å². The van der Waals surface area contributed by atoms with E-state index in [1.165, 1.54) is 11.0 Å². The average Bonchev–Trinajstić information content (AvgIpc) is 2.67. The highest BCUT2D eigenvalue weighted by Crippen LogP contribution is 2.49. The maximum Gasteiger partial charge on any atom is 0.293 e. The fraction of sp³-hybridized carbons (Fsp3) is 0.304. The van der Waals surface area contributed by atoms with E-state index in [1.54, 1.807) is 18.2 Å². The Kier molecular flexibility index (Phi) is 4.57. The van der Waals surface area contributed by atoms with Crippen LogP contribution >= 0.6 is 0 Å². The Hall–Kier alpha value is -3.28. The number of hydrogen-bond acceptors (Lipinski definition) is 4. The molecular weight excluding hydrogens is 368 g/mol. The molecule has 1 atom stereocenters. The predicted octanol–water partition coefficient (Wildman–Crippen LogP) is 4.76. The van der Waals surface area contributed by atoms with Crippen molar-refractivity contribution in [1.82, 2.24) is 0 Å². The van der Waals surface area contributed by atoms with Crippen LogP contribution in [-0.2, 0) is 9.59 Å². The van der Waals surface area contributed by atoms with Gasteiger partial charge in [-0.2, -0.15) is 0 Å². The number of anilines is 1.